The molecule has 0 spiro atoms. The lowest BCUT2D eigenvalue weighted by atomic mass is 9.97. The van der Waals surface area contributed by atoms with Crippen LogP contribution < -0.4 is 10.5 Å². The topological polar surface area (TPSA) is 55.5 Å². The number of hydrogen-bond donors (Lipinski definition) is 2. The molecule has 0 aliphatic rings. The summed E-state index contributed by atoms with van der Waals surface area (Å²) in [5.74, 6) is -1.55. The quantitative estimate of drug-likeness (QED) is 0.851. The molecule has 3 N–H and O–H groups in total. The SMILES string of the molecule is Cc1cc(F)c(F)cc1OC(C)CC(C)(N)CO. The monoisotopic (exact) mass is 259 g/mol. The Bertz CT molecular complexity index is 422. The molecule has 2 atom stereocenters. The van der Waals surface area contributed by atoms with Gasteiger partial charge in [0.25, 0.3) is 0 Å². The lowest BCUT2D eigenvalue weighted by Gasteiger charge is -2.26. The summed E-state index contributed by atoms with van der Waals surface area (Å²) in [6.45, 7) is 4.93. The Labute approximate surface area is 106 Å². The van der Waals surface area contributed by atoms with Crippen LogP contribution in [0.1, 0.15) is 25.8 Å². The average molecular weight is 259 g/mol. The highest BCUT2D eigenvalue weighted by atomic mass is 19.2. The molecular weight excluding hydrogens is 240 g/mol. The molecule has 0 aliphatic heterocycles. The largest absolute Gasteiger partial charge is 0.490 e. The number of aliphatic hydroxyl groups excluding tert-OH is 1. The molecule has 1 aromatic carbocycles. The number of aliphatic hydroxyl groups is 1. The summed E-state index contributed by atoms with van der Waals surface area (Å²) in [7, 11) is 0. The van der Waals surface area contributed by atoms with Gasteiger partial charge in [-0.3, -0.25) is 0 Å². The highest BCUT2D eigenvalue weighted by Crippen LogP contribution is 2.24. The van der Waals surface area contributed by atoms with E-state index in [-0.39, 0.29) is 18.5 Å². The summed E-state index contributed by atoms with van der Waals surface area (Å²) in [4.78, 5) is 0. The summed E-state index contributed by atoms with van der Waals surface area (Å²) >= 11 is 0. The second-order valence-corrected chi connectivity index (χ2v) is 4.98. The van der Waals surface area contributed by atoms with E-state index in [9.17, 15) is 8.78 Å². The first-order valence-corrected chi connectivity index (χ1v) is 5.77. The van der Waals surface area contributed by atoms with E-state index in [1.807, 2.05) is 0 Å². The van der Waals surface area contributed by atoms with Gasteiger partial charge in [0.15, 0.2) is 11.6 Å². The Kier molecular flexibility index (Phi) is 4.65. The molecule has 1 aromatic rings. The third-order valence-corrected chi connectivity index (χ3v) is 2.66. The Morgan fingerprint density at radius 1 is 1.39 bits per heavy atom. The minimum Gasteiger partial charge on any atom is -0.490 e. The zero-order valence-corrected chi connectivity index (χ0v) is 10.8. The van der Waals surface area contributed by atoms with Crippen molar-refractivity contribution in [2.75, 3.05) is 6.61 Å². The van der Waals surface area contributed by atoms with Crippen molar-refractivity contribution in [2.45, 2.75) is 38.8 Å². The molecule has 5 heteroatoms. The van der Waals surface area contributed by atoms with E-state index in [1.165, 1.54) is 0 Å². The molecule has 102 valence electrons. The van der Waals surface area contributed by atoms with Gasteiger partial charge in [0, 0.05) is 18.0 Å². The maximum atomic E-state index is 13.1. The van der Waals surface area contributed by atoms with Gasteiger partial charge < -0.3 is 15.6 Å². The fourth-order valence-corrected chi connectivity index (χ4v) is 1.73. The maximum absolute atomic E-state index is 13.1. The standard InChI is InChI=1S/C13H19F2NO2/c1-8-4-10(14)11(15)5-12(8)18-9(2)6-13(3,16)7-17/h4-5,9,17H,6-7,16H2,1-3H3. The van der Waals surface area contributed by atoms with E-state index in [0.717, 1.165) is 12.1 Å². The van der Waals surface area contributed by atoms with Gasteiger partial charge in [-0.15, -0.1) is 0 Å². The van der Waals surface area contributed by atoms with Crippen molar-refractivity contribution in [2.24, 2.45) is 5.73 Å². The van der Waals surface area contributed by atoms with Crippen LogP contribution in [0.15, 0.2) is 12.1 Å². The summed E-state index contributed by atoms with van der Waals surface area (Å²) in [6, 6.07) is 2.11. The Morgan fingerprint density at radius 2 is 1.94 bits per heavy atom. The second-order valence-electron chi connectivity index (χ2n) is 4.98. The number of rotatable bonds is 5. The number of aryl methyl sites for hydroxylation is 1. The number of halogens is 2. The van der Waals surface area contributed by atoms with Crippen LogP contribution >= 0.6 is 0 Å². The fourth-order valence-electron chi connectivity index (χ4n) is 1.73. The van der Waals surface area contributed by atoms with Crippen molar-refractivity contribution in [3.8, 4) is 5.75 Å². The van der Waals surface area contributed by atoms with Crippen molar-refractivity contribution >= 4 is 0 Å². The third-order valence-electron chi connectivity index (χ3n) is 2.66. The normalized spacial score (nSPS) is 16.2. The smallest absolute Gasteiger partial charge is 0.162 e. The van der Waals surface area contributed by atoms with Gasteiger partial charge in [0.1, 0.15) is 5.75 Å². The molecule has 0 aliphatic carbocycles. The van der Waals surface area contributed by atoms with Gasteiger partial charge in [-0.2, -0.15) is 0 Å². The summed E-state index contributed by atoms with van der Waals surface area (Å²) in [6.07, 6.45) is 0.0952. The van der Waals surface area contributed by atoms with Gasteiger partial charge >= 0.3 is 0 Å². The zero-order chi connectivity index (χ0) is 13.9. The van der Waals surface area contributed by atoms with Crippen LogP contribution in [0.2, 0.25) is 0 Å². The summed E-state index contributed by atoms with van der Waals surface area (Å²) < 4.78 is 31.6. The number of benzene rings is 1. The van der Waals surface area contributed by atoms with Gasteiger partial charge in [-0.05, 0) is 32.4 Å². The van der Waals surface area contributed by atoms with Crippen LogP contribution in [0.5, 0.6) is 5.75 Å². The van der Waals surface area contributed by atoms with E-state index in [4.69, 9.17) is 15.6 Å². The van der Waals surface area contributed by atoms with Crippen molar-refractivity contribution in [1.29, 1.82) is 0 Å². The molecule has 0 saturated heterocycles. The zero-order valence-electron chi connectivity index (χ0n) is 10.8. The van der Waals surface area contributed by atoms with Gasteiger partial charge in [0.2, 0.25) is 0 Å². The molecule has 0 radical (unpaired) electrons. The Hall–Kier alpha value is -1.20. The van der Waals surface area contributed by atoms with E-state index in [0.29, 0.717) is 12.0 Å². The number of nitrogens with two attached hydrogens (primary N) is 1. The maximum Gasteiger partial charge on any atom is 0.162 e. The number of hydrogen-bond acceptors (Lipinski definition) is 3. The van der Waals surface area contributed by atoms with Crippen LogP contribution in [0.25, 0.3) is 0 Å². The molecule has 0 heterocycles. The minimum absolute atomic E-state index is 0.169. The molecule has 1 rings (SSSR count). The first-order valence-electron chi connectivity index (χ1n) is 5.77. The van der Waals surface area contributed by atoms with Gasteiger partial charge in [-0.1, -0.05) is 0 Å². The van der Waals surface area contributed by atoms with Crippen molar-refractivity contribution in [3.63, 3.8) is 0 Å². The molecule has 0 fully saturated rings. The van der Waals surface area contributed by atoms with Crippen LogP contribution in [0.3, 0.4) is 0 Å². The first-order chi connectivity index (χ1) is 8.25. The minimum atomic E-state index is -0.944. The van der Waals surface area contributed by atoms with E-state index >= 15 is 0 Å². The number of ether oxygens (including phenoxy) is 1. The molecule has 0 saturated carbocycles. The van der Waals surface area contributed by atoms with Crippen molar-refractivity contribution in [3.05, 3.63) is 29.3 Å². The molecule has 0 aromatic heterocycles. The van der Waals surface area contributed by atoms with Gasteiger partial charge in [0.05, 0.1) is 12.7 Å². The Balaban J connectivity index is 2.76. The average Bonchev–Trinajstić information content (AvgIpc) is 2.25. The van der Waals surface area contributed by atoms with Crippen LogP contribution in [0.4, 0.5) is 8.78 Å². The predicted octanol–water partition coefficient (Wildman–Crippen LogP) is 2.14. The van der Waals surface area contributed by atoms with Crippen LogP contribution in [0, 0.1) is 18.6 Å². The van der Waals surface area contributed by atoms with E-state index < -0.39 is 17.2 Å². The lowest BCUT2D eigenvalue weighted by Crippen LogP contribution is -2.43. The fraction of sp³-hybridized carbons (Fsp3) is 0.538. The van der Waals surface area contributed by atoms with Crippen molar-refractivity contribution in [1.82, 2.24) is 0 Å². The highest BCUT2D eigenvalue weighted by Gasteiger charge is 2.22. The van der Waals surface area contributed by atoms with E-state index in [1.54, 1.807) is 20.8 Å². The second kappa shape index (κ2) is 5.63. The van der Waals surface area contributed by atoms with Gasteiger partial charge in [-0.25, -0.2) is 8.78 Å². The van der Waals surface area contributed by atoms with E-state index in [2.05, 4.69) is 0 Å². The lowest BCUT2D eigenvalue weighted by molar-refractivity contribution is 0.132. The Morgan fingerprint density at radius 3 is 2.50 bits per heavy atom. The molecule has 0 amide bonds. The summed E-state index contributed by atoms with van der Waals surface area (Å²) in [5.41, 5.74) is 5.56. The molecule has 18 heavy (non-hydrogen) atoms. The molecule has 2 unspecified atom stereocenters. The van der Waals surface area contributed by atoms with Crippen LogP contribution in [-0.4, -0.2) is 23.4 Å². The molecule has 3 nitrogen and oxygen atoms in total. The molecular formula is C13H19F2NO2. The van der Waals surface area contributed by atoms with Crippen molar-refractivity contribution < 1.29 is 18.6 Å². The predicted molar refractivity (Wildman–Crippen MR) is 65.5 cm³/mol. The molecule has 0 bridgehead atoms. The third kappa shape index (κ3) is 3.92. The first kappa shape index (κ1) is 14.9. The highest BCUT2D eigenvalue weighted by molar-refractivity contribution is 5.33. The van der Waals surface area contributed by atoms with Crippen LogP contribution in [-0.2, 0) is 0 Å². The summed E-state index contributed by atoms with van der Waals surface area (Å²) in [5, 5.41) is 9.05.